The number of anilines is 1. The molecule has 1 heterocycles. The Morgan fingerprint density at radius 3 is 2.21 bits per heavy atom. The molecular weight excluding hydrogens is 359 g/mol. The highest BCUT2D eigenvalue weighted by molar-refractivity contribution is 5.89. The van der Waals surface area contributed by atoms with Crippen molar-refractivity contribution in [1.82, 2.24) is 15.1 Å². The lowest BCUT2D eigenvalue weighted by molar-refractivity contribution is -0.129. The second-order valence-corrected chi connectivity index (χ2v) is 8.11. The molecule has 2 fully saturated rings. The predicted molar refractivity (Wildman–Crippen MR) is 108 cm³/mol. The zero-order valence-electron chi connectivity index (χ0n) is 16.8. The molecule has 28 heavy (non-hydrogen) atoms. The highest BCUT2D eigenvalue weighted by Gasteiger charge is 2.37. The Bertz CT molecular complexity index is 665. The molecule has 1 saturated carbocycles. The van der Waals surface area contributed by atoms with Crippen molar-refractivity contribution < 1.29 is 14.0 Å². The summed E-state index contributed by atoms with van der Waals surface area (Å²) < 4.78 is 13.0. The molecule has 0 bridgehead atoms. The number of piperazine rings is 1. The summed E-state index contributed by atoms with van der Waals surface area (Å²) in [4.78, 5) is 29.3. The third-order valence-corrected chi connectivity index (χ3v) is 5.64. The smallest absolute Gasteiger partial charge is 0.321 e. The third-order valence-electron chi connectivity index (χ3n) is 5.64. The zero-order chi connectivity index (χ0) is 20.1. The molecule has 3 amide bonds. The van der Waals surface area contributed by atoms with Gasteiger partial charge in [0.1, 0.15) is 5.82 Å². The standard InChI is InChI=1S/C21H31FN4O2/c1-15(2)23-20(27)19(16-5-3-4-6-16)25-11-13-26(14-12-25)21(28)24-18-9-7-17(22)8-10-18/h7-10,15-16,19H,3-6,11-14H2,1-2H3,(H,23,27)(H,24,28)/t19-/m0/s1. The molecule has 0 radical (unpaired) electrons. The fraction of sp³-hybridized carbons (Fsp3) is 0.619. The number of hydrogen-bond acceptors (Lipinski definition) is 3. The fourth-order valence-electron chi connectivity index (χ4n) is 4.26. The van der Waals surface area contributed by atoms with E-state index in [4.69, 9.17) is 0 Å². The lowest BCUT2D eigenvalue weighted by Gasteiger charge is -2.41. The molecule has 2 aliphatic rings. The maximum absolute atomic E-state index is 13.0. The Balaban J connectivity index is 1.57. The summed E-state index contributed by atoms with van der Waals surface area (Å²) in [7, 11) is 0. The average molecular weight is 391 g/mol. The number of carbonyl (C=O) groups excluding carboxylic acids is 2. The minimum Gasteiger partial charge on any atom is -0.353 e. The molecule has 1 saturated heterocycles. The minimum atomic E-state index is -0.329. The number of carbonyl (C=O) groups is 2. The maximum atomic E-state index is 13.0. The average Bonchev–Trinajstić information content (AvgIpc) is 3.18. The summed E-state index contributed by atoms with van der Waals surface area (Å²) >= 11 is 0. The summed E-state index contributed by atoms with van der Waals surface area (Å²) in [5, 5.41) is 5.89. The Morgan fingerprint density at radius 1 is 1.04 bits per heavy atom. The van der Waals surface area contributed by atoms with Crippen LogP contribution in [-0.4, -0.2) is 60.0 Å². The van der Waals surface area contributed by atoms with E-state index >= 15 is 0 Å². The number of nitrogens with one attached hydrogen (secondary N) is 2. The van der Waals surface area contributed by atoms with Crippen LogP contribution in [0.4, 0.5) is 14.9 Å². The minimum absolute atomic E-state index is 0.104. The normalized spacial score (nSPS) is 19.6. The molecular formula is C21H31FN4O2. The van der Waals surface area contributed by atoms with Crippen molar-refractivity contribution in [2.75, 3.05) is 31.5 Å². The highest BCUT2D eigenvalue weighted by atomic mass is 19.1. The second kappa shape index (κ2) is 9.37. The number of hydrogen-bond donors (Lipinski definition) is 2. The van der Waals surface area contributed by atoms with Gasteiger partial charge in [0.2, 0.25) is 5.91 Å². The zero-order valence-corrected chi connectivity index (χ0v) is 16.8. The summed E-state index contributed by atoms with van der Waals surface area (Å²) in [5.41, 5.74) is 0.578. The van der Waals surface area contributed by atoms with E-state index in [0.29, 0.717) is 37.8 Å². The summed E-state index contributed by atoms with van der Waals surface area (Å²) in [6, 6.07) is 5.59. The molecule has 6 nitrogen and oxygen atoms in total. The first-order valence-electron chi connectivity index (χ1n) is 10.3. The lowest BCUT2D eigenvalue weighted by Crippen LogP contribution is -2.59. The predicted octanol–water partition coefficient (Wildman–Crippen LogP) is 3.06. The monoisotopic (exact) mass is 390 g/mol. The van der Waals surface area contributed by atoms with Gasteiger partial charge in [-0.3, -0.25) is 9.69 Å². The molecule has 7 heteroatoms. The maximum Gasteiger partial charge on any atom is 0.321 e. The van der Waals surface area contributed by atoms with E-state index in [2.05, 4.69) is 15.5 Å². The second-order valence-electron chi connectivity index (χ2n) is 8.11. The SMILES string of the molecule is CC(C)NC(=O)[C@H](C1CCCC1)N1CCN(C(=O)Nc2ccc(F)cc2)CC1. The van der Waals surface area contributed by atoms with Crippen molar-refractivity contribution in [1.29, 1.82) is 0 Å². The number of halogens is 1. The van der Waals surface area contributed by atoms with Crippen molar-refractivity contribution in [2.45, 2.75) is 51.6 Å². The van der Waals surface area contributed by atoms with Crippen LogP contribution in [0.1, 0.15) is 39.5 Å². The first-order chi connectivity index (χ1) is 13.4. The molecule has 3 rings (SSSR count). The van der Waals surface area contributed by atoms with E-state index in [0.717, 1.165) is 12.8 Å². The Hall–Kier alpha value is -2.15. The van der Waals surface area contributed by atoms with Crippen molar-refractivity contribution >= 4 is 17.6 Å². The van der Waals surface area contributed by atoms with Crippen LogP contribution in [0.3, 0.4) is 0 Å². The Morgan fingerprint density at radius 2 is 1.64 bits per heavy atom. The Labute approximate surface area is 166 Å². The van der Waals surface area contributed by atoms with Crippen molar-refractivity contribution in [3.63, 3.8) is 0 Å². The summed E-state index contributed by atoms with van der Waals surface area (Å²) in [6.07, 6.45) is 4.58. The summed E-state index contributed by atoms with van der Waals surface area (Å²) in [5.74, 6) is 0.189. The van der Waals surface area contributed by atoms with Crippen LogP contribution >= 0.6 is 0 Å². The van der Waals surface area contributed by atoms with Crippen molar-refractivity contribution in [3.8, 4) is 0 Å². The van der Waals surface area contributed by atoms with Crippen LogP contribution in [0.15, 0.2) is 24.3 Å². The quantitative estimate of drug-likeness (QED) is 0.812. The van der Waals surface area contributed by atoms with Crippen LogP contribution < -0.4 is 10.6 Å². The van der Waals surface area contributed by atoms with Gasteiger partial charge >= 0.3 is 6.03 Å². The molecule has 1 aromatic rings. The van der Waals surface area contributed by atoms with Gasteiger partial charge in [-0.05, 0) is 56.9 Å². The van der Waals surface area contributed by atoms with Crippen molar-refractivity contribution in [3.05, 3.63) is 30.1 Å². The van der Waals surface area contributed by atoms with Crippen LogP contribution in [0, 0.1) is 11.7 Å². The topological polar surface area (TPSA) is 64.7 Å². The number of nitrogens with zero attached hydrogens (tertiary/aromatic N) is 2. The van der Waals surface area contributed by atoms with Gasteiger partial charge in [0.15, 0.2) is 0 Å². The van der Waals surface area contributed by atoms with E-state index in [1.807, 2.05) is 13.8 Å². The molecule has 0 spiro atoms. The first-order valence-corrected chi connectivity index (χ1v) is 10.3. The van der Waals surface area contributed by atoms with Crippen LogP contribution in [0.25, 0.3) is 0 Å². The Kier molecular flexibility index (Phi) is 6.88. The largest absolute Gasteiger partial charge is 0.353 e. The first kappa shape index (κ1) is 20.6. The van der Waals surface area contributed by atoms with Gasteiger partial charge in [-0.2, -0.15) is 0 Å². The lowest BCUT2D eigenvalue weighted by atomic mass is 9.94. The van der Waals surface area contributed by atoms with Crippen LogP contribution in [0.2, 0.25) is 0 Å². The van der Waals surface area contributed by atoms with Gasteiger partial charge in [-0.15, -0.1) is 0 Å². The summed E-state index contributed by atoms with van der Waals surface area (Å²) in [6.45, 7) is 6.49. The molecule has 154 valence electrons. The molecule has 1 aliphatic carbocycles. The van der Waals surface area contributed by atoms with E-state index in [1.54, 1.807) is 17.0 Å². The van der Waals surface area contributed by atoms with Gasteiger partial charge < -0.3 is 15.5 Å². The fourth-order valence-corrected chi connectivity index (χ4v) is 4.26. The van der Waals surface area contributed by atoms with Gasteiger partial charge in [0, 0.05) is 37.9 Å². The third kappa shape index (κ3) is 5.22. The molecule has 1 aromatic carbocycles. The number of urea groups is 1. The van der Waals surface area contributed by atoms with Gasteiger partial charge in [-0.1, -0.05) is 12.8 Å². The van der Waals surface area contributed by atoms with E-state index in [1.165, 1.54) is 25.0 Å². The van der Waals surface area contributed by atoms with Gasteiger partial charge in [0.25, 0.3) is 0 Å². The van der Waals surface area contributed by atoms with Crippen LogP contribution in [-0.2, 0) is 4.79 Å². The highest BCUT2D eigenvalue weighted by Crippen LogP contribution is 2.31. The molecule has 0 unspecified atom stereocenters. The van der Waals surface area contributed by atoms with Crippen LogP contribution in [0.5, 0.6) is 0 Å². The number of amides is 3. The van der Waals surface area contributed by atoms with Gasteiger partial charge in [0.05, 0.1) is 6.04 Å². The number of benzene rings is 1. The number of rotatable bonds is 5. The van der Waals surface area contributed by atoms with E-state index in [-0.39, 0.29) is 29.8 Å². The molecule has 2 N–H and O–H groups in total. The van der Waals surface area contributed by atoms with E-state index < -0.39 is 0 Å². The molecule has 0 aromatic heterocycles. The molecule has 1 aliphatic heterocycles. The van der Waals surface area contributed by atoms with Crippen molar-refractivity contribution in [2.24, 2.45) is 5.92 Å². The van der Waals surface area contributed by atoms with Gasteiger partial charge in [-0.25, -0.2) is 9.18 Å². The molecule has 1 atom stereocenters. The van der Waals surface area contributed by atoms with E-state index in [9.17, 15) is 14.0 Å².